The van der Waals surface area contributed by atoms with Crippen molar-refractivity contribution in [2.75, 3.05) is 26.4 Å². The van der Waals surface area contributed by atoms with Gasteiger partial charge in [0.15, 0.2) is 18.1 Å². The molecule has 1 aliphatic heterocycles. The Balaban J connectivity index is 1.91. The number of benzene rings is 1. The molecule has 0 aromatic heterocycles. The minimum Gasteiger partial charge on any atom is -0.489 e. The van der Waals surface area contributed by atoms with Gasteiger partial charge in [0.25, 0.3) is 5.91 Å². The highest BCUT2D eigenvalue weighted by Crippen LogP contribution is 2.38. The fourth-order valence-electron chi connectivity index (χ4n) is 1.93. The highest BCUT2D eigenvalue weighted by atomic mass is 35.5. The molecule has 0 atom stereocenters. The lowest BCUT2D eigenvalue weighted by Crippen LogP contribution is -2.35. The first-order valence-corrected chi connectivity index (χ1v) is 7.82. The van der Waals surface area contributed by atoms with Crippen molar-refractivity contribution in [2.45, 2.75) is 6.42 Å². The number of fused-ring (bicyclic) bond motifs is 1. The smallest absolute Gasteiger partial charge is 0.331 e. The fraction of sp³-hybridized carbons (Fsp3) is 0.312. The number of hydrogen-bond donors (Lipinski definition) is 2. The number of amides is 2. The lowest BCUT2D eigenvalue weighted by atomic mass is 10.2. The van der Waals surface area contributed by atoms with Crippen LogP contribution in [0.15, 0.2) is 18.2 Å². The Bertz CT molecular complexity index is 704. The molecule has 1 aromatic carbocycles. The van der Waals surface area contributed by atoms with Gasteiger partial charge in [0.1, 0.15) is 0 Å². The van der Waals surface area contributed by atoms with Crippen LogP contribution in [0.1, 0.15) is 12.0 Å². The van der Waals surface area contributed by atoms with Crippen LogP contribution in [0.4, 0.5) is 0 Å². The summed E-state index contributed by atoms with van der Waals surface area (Å²) in [5, 5.41) is 2.57. The van der Waals surface area contributed by atoms with Gasteiger partial charge in [-0.2, -0.15) is 0 Å². The summed E-state index contributed by atoms with van der Waals surface area (Å²) in [5.41, 5.74) is 5.49. The molecule has 1 heterocycles. The van der Waals surface area contributed by atoms with E-state index >= 15 is 0 Å². The van der Waals surface area contributed by atoms with Crippen LogP contribution in [-0.2, 0) is 19.1 Å². The van der Waals surface area contributed by atoms with Crippen LogP contribution in [0, 0.1) is 0 Å². The van der Waals surface area contributed by atoms with E-state index in [1.807, 2.05) is 0 Å². The van der Waals surface area contributed by atoms with Gasteiger partial charge in [-0.25, -0.2) is 4.79 Å². The Morgan fingerprint density at radius 2 is 2.04 bits per heavy atom. The summed E-state index contributed by atoms with van der Waals surface area (Å²) in [6.07, 6.45) is 3.38. The number of carbonyl (C=O) groups excluding carboxylic acids is 3. The summed E-state index contributed by atoms with van der Waals surface area (Å²) in [4.78, 5) is 33.4. The van der Waals surface area contributed by atoms with Crippen LogP contribution in [-0.4, -0.2) is 44.1 Å². The van der Waals surface area contributed by atoms with E-state index in [0.717, 1.165) is 12.5 Å². The number of nitrogens with one attached hydrogen (secondary N) is 1. The molecule has 0 saturated carbocycles. The van der Waals surface area contributed by atoms with Crippen molar-refractivity contribution in [3.63, 3.8) is 0 Å². The van der Waals surface area contributed by atoms with Crippen LogP contribution in [0.5, 0.6) is 11.5 Å². The molecule has 3 N–H and O–H groups in total. The number of hydrogen-bond acceptors (Lipinski definition) is 6. The SMILES string of the molecule is NC(=O)CNC(=O)COC(=O)/C=C/c1cc(Cl)c2c(c1)OCCCO2. The maximum absolute atomic E-state index is 11.6. The van der Waals surface area contributed by atoms with Gasteiger partial charge in [0, 0.05) is 12.5 Å². The molecular formula is C16H17ClN2O6. The lowest BCUT2D eigenvalue weighted by molar-refractivity contribution is -0.143. The van der Waals surface area contributed by atoms with Gasteiger partial charge < -0.3 is 25.3 Å². The second-order valence-electron chi connectivity index (χ2n) is 5.06. The third-order valence-corrected chi connectivity index (χ3v) is 3.32. The zero-order valence-electron chi connectivity index (χ0n) is 13.2. The van der Waals surface area contributed by atoms with E-state index in [1.54, 1.807) is 12.1 Å². The van der Waals surface area contributed by atoms with Gasteiger partial charge in [-0.1, -0.05) is 11.6 Å². The van der Waals surface area contributed by atoms with E-state index in [2.05, 4.69) is 5.32 Å². The Kier molecular flexibility index (Phi) is 6.64. The number of halogens is 1. The first-order valence-electron chi connectivity index (χ1n) is 7.44. The average molecular weight is 369 g/mol. The number of ether oxygens (including phenoxy) is 3. The van der Waals surface area contributed by atoms with Crippen molar-refractivity contribution in [2.24, 2.45) is 5.73 Å². The van der Waals surface area contributed by atoms with Crippen molar-refractivity contribution in [1.29, 1.82) is 0 Å². The summed E-state index contributed by atoms with van der Waals surface area (Å²) < 4.78 is 15.8. The molecule has 9 heteroatoms. The second kappa shape index (κ2) is 8.93. The number of esters is 1. The molecule has 0 radical (unpaired) electrons. The molecule has 0 bridgehead atoms. The maximum Gasteiger partial charge on any atom is 0.331 e. The Labute approximate surface area is 148 Å². The van der Waals surface area contributed by atoms with Crippen LogP contribution in [0.25, 0.3) is 6.08 Å². The second-order valence-corrected chi connectivity index (χ2v) is 5.47. The zero-order valence-corrected chi connectivity index (χ0v) is 14.0. The van der Waals surface area contributed by atoms with Gasteiger partial charge in [-0.3, -0.25) is 9.59 Å². The Morgan fingerprint density at radius 3 is 2.80 bits per heavy atom. The fourth-order valence-corrected chi connectivity index (χ4v) is 2.21. The zero-order chi connectivity index (χ0) is 18.2. The summed E-state index contributed by atoms with van der Waals surface area (Å²) >= 11 is 6.15. The maximum atomic E-state index is 11.6. The molecule has 25 heavy (non-hydrogen) atoms. The largest absolute Gasteiger partial charge is 0.489 e. The standard InChI is InChI=1S/C16H17ClN2O6/c17-11-6-10(7-12-16(11)24-5-1-4-23-12)2-3-15(22)25-9-14(21)19-8-13(18)20/h2-3,6-7H,1,4-5,8-9H2,(H2,18,20)(H,19,21)/b3-2+. The quantitative estimate of drug-likeness (QED) is 0.562. The third kappa shape index (κ3) is 6.00. The molecular weight excluding hydrogens is 352 g/mol. The number of carbonyl (C=O) groups is 3. The van der Waals surface area contributed by atoms with Crippen LogP contribution >= 0.6 is 11.6 Å². The van der Waals surface area contributed by atoms with Gasteiger partial charge in [0.2, 0.25) is 5.91 Å². The molecule has 0 aliphatic carbocycles. The van der Waals surface area contributed by atoms with E-state index in [-0.39, 0.29) is 6.54 Å². The minimum atomic E-state index is -0.725. The molecule has 0 fully saturated rings. The van der Waals surface area contributed by atoms with E-state index in [9.17, 15) is 14.4 Å². The monoisotopic (exact) mass is 368 g/mol. The summed E-state index contributed by atoms with van der Waals surface area (Å²) in [6.45, 7) is 0.200. The molecule has 1 aliphatic rings. The molecule has 134 valence electrons. The predicted molar refractivity (Wildman–Crippen MR) is 89.3 cm³/mol. The summed E-state index contributed by atoms with van der Waals surface area (Å²) in [7, 11) is 0. The average Bonchev–Trinajstić information content (AvgIpc) is 2.82. The number of primary amides is 1. The van der Waals surface area contributed by atoms with Crippen molar-refractivity contribution in [3.8, 4) is 11.5 Å². The summed E-state index contributed by atoms with van der Waals surface area (Å²) in [5.74, 6) is -1.06. The third-order valence-electron chi connectivity index (χ3n) is 3.04. The molecule has 0 unspecified atom stereocenters. The minimum absolute atomic E-state index is 0.318. The molecule has 2 amide bonds. The van der Waals surface area contributed by atoms with E-state index in [4.69, 9.17) is 31.5 Å². The molecule has 1 aromatic rings. The molecule has 2 rings (SSSR count). The number of rotatable bonds is 6. The molecule has 8 nitrogen and oxygen atoms in total. The van der Waals surface area contributed by atoms with Gasteiger partial charge in [-0.05, 0) is 23.8 Å². The van der Waals surface area contributed by atoms with Gasteiger partial charge in [-0.15, -0.1) is 0 Å². The van der Waals surface area contributed by atoms with Crippen LogP contribution < -0.4 is 20.5 Å². The van der Waals surface area contributed by atoms with E-state index in [0.29, 0.717) is 35.3 Å². The number of nitrogens with two attached hydrogens (primary N) is 1. The normalized spacial score (nSPS) is 13.2. The lowest BCUT2D eigenvalue weighted by Gasteiger charge is -2.09. The summed E-state index contributed by atoms with van der Waals surface area (Å²) in [6, 6.07) is 3.31. The Morgan fingerprint density at radius 1 is 1.28 bits per heavy atom. The topological polar surface area (TPSA) is 117 Å². The highest BCUT2D eigenvalue weighted by molar-refractivity contribution is 6.32. The highest BCUT2D eigenvalue weighted by Gasteiger charge is 2.15. The van der Waals surface area contributed by atoms with Gasteiger partial charge >= 0.3 is 5.97 Å². The van der Waals surface area contributed by atoms with Crippen LogP contribution in [0.3, 0.4) is 0 Å². The van der Waals surface area contributed by atoms with Gasteiger partial charge in [0.05, 0.1) is 24.8 Å². The van der Waals surface area contributed by atoms with E-state index in [1.165, 1.54) is 6.08 Å². The van der Waals surface area contributed by atoms with Crippen molar-refractivity contribution >= 4 is 35.5 Å². The predicted octanol–water partition coefficient (Wildman–Crippen LogP) is 0.659. The molecule has 0 saturated heterocycles. The molecule has 0 spiro atoms. The van der Waals surface area contributed by atoms with Crippen LogP contribution in [0.2, 0.25) is 5.02 Å². The van der Waals surface area contributed by atoms with Crippen molar-refractivity contribution < 1.29 is 28.6 Å². The first kappa shape index (κ1) is 18.6. The Hall–Kier alpha value is -2.74. The first-order chi connectivity index (χ1) is 12.0. The van der Waals surface area contributed by atoms with Crippen molar-refractivity contribution in [3.05, 3.63) is 28.8 Å². The van der Waals surface area contributed by atoms with Crippen molar-refractivity contribution in [1.82, 2.24) is 5.32 Å². The van der Waals surface area contributed by atoms with E-state index < -0.39 is 24.4 Å².